The molecule has 0 N–H and O–H groups in total. The van der Waals surface area contributed by atoms with E-state index in [0.717, 1.165) is 5.56 Å². The number of amides is 2. The van der Waals surface area contributed by atoms with Crippen molar-refractivity contribution >= 4 is 23.6 Å². The molecule has 3 aromatic carbocycles. The van der Waals surface area contributed by atoms with Gasteiger partial charge in [0.15, 0.2) is 5.78 Å². The highest BCUT2D eigenvalue weighted by molar-refractivity contribution is 6.09. The number of esters is 1. The standard InChI is InChI=1S/C25H18FNO5/c26-20-9-5-17(6-10-20)24(30)18-7-11-21(12-8-18)32-25(31)19-3-1-16(2-4-19)15-27-22(28)13-14-23(27)29/h1-12H,13-15H2. The summed E-state index contributed by atoms with van der Waals surface area (Å²) in [4.78, 5) is 49.5. The van der Waals surface area contributed by atoms with Gasteiger partial charge in [-0.15, -0.1) is 0 Å². The number of rotatable bonds is 6. The number of likely N-dealkylation sites (tertiary alicyclic amines) is 1. The van der Waals surface area contributed by atoms with Crippen LogP contribution in [0.25, 0.3) is 0 Å². The van der Waals surface area contributed by atoms with E-state index >= 15 is 0 Å². The molecule has 4 rings (SSSR count). The lowest BCUT2D eigenvalue weighted by Crippen LogP contribution is -2.28. The molecule has 0 spiro atoms. The van der Waals surface area contributed by atoms with Crippen molar-refractivity contribution in [2.45, 2.75) is 19.4 Å². The zero-order valence-corrected chi connectivity index (χ0v) is 16.9. The van der Waals surface area contributed by atoms with Crippen LogP contribution in [0.3, 0.4) is 0 Å². The SMILES string of the molecule is O=C(Oc1ccc(C(=O)c2ccc(F)cc2)cc1)c1ccc(CN2C(=O)CCC2=O)cc1. The van der Waals surface area contributed by atoms with Gasteiger partial charge in [-0.1, -0.05) is 12.1 Å². The predicted octanol–water partition coefficient (Wildman–Crippen LogP) is 3.92. The molecule has 2 amide bonds. The van der Waals surface area contributed by atoms with E-state index in [0.29, 0.717) is 16.7 Å². The second-order valence-corrected chi connectivity index (χ2v) is 7.32. The summed E-state index contributed by atoms with van der Waals surface area (Å²) >= 11 is 0. The van der Waals surface area contributed by atoms with Gasteiger partial charge in [-0.3, -0.25) is 19.3 Å². The molecule has 1 fully saturated rings. The van der Waals surface area contributed by atoms with Gasteiger partial charge >= 0.3 is 5.97 Å². The van der Waals surface area contributed by atoms with Crippen LogP contribution in [-0.2, 0) is 16.1 Å². The average molecular weight is 431 g/mol. The van der Waals surface area contributed by atoms with Crippen molar-refractivity contribution in [2.24, 2.45) is 0 Å². The summed E-state index contributed by atoms with van der Waals surface area (Å²) in [6, 6.07) is 17.8. The monoisotopic (exact) mass is 431 g/mol. The van der Waals surface area contributed by atoms with E-state index in [2.05, 4.69) is 0 Å². The van der Waals surface area contributed by atoms with Gasteiger partial charge in [0, 0.05) is 24.0 Å². The Kier molecular flexibility index (Phi) is 5.89. The molecule has 6 nitrogen and oxygen atoms in total. The average Bonchev–Trinajstić information content (AvgIpc) is 3.12. The molecule has 1 aliphatic rings. The smallest absolute Gasteiger partial charge is 0.343 e. The first-order valence-electron chi connectivity index (χ1n) is 9.95. The first-order chi connectivity index (χ1) is 15.4. The molecule has 160 valence electrons. The minimum Gasteiger partial charge on any atom is -0.423 e. The summed E-state index contributed by atoms with van der Waals surface area (Å²) in [5, 5.41) is 0. The van der Waals surface area contributed by atoms with Crippen LogP contribution >= 0.6 is 0 Å². The number of hydrogen-bond acceptors (Lipinski definition) is 5. The van der Waals surface area contributed by atoms with Gasteiger partial charge in [0.25, 0.3) is 0 Å². The third kappa shape index (κ3) is 4.62. The van der Waals surface area contributed by atoms with Gasteiger partial charge in [-0.05, 0) is 66.2 Å². The van der Waals surface area contributed by atoms with Gasteiger partial charge in [0.05, 0.1) is 12.1 Å². The molecule has 3 aromatic rings. The molecule has 1 saturated heterocycles. The quantitative estimate of drug-likeness (QED) is 0.256. The fraction of sp³-hybridized carbons (Fsp3) is 0.120. The van der Waals surface area contributed by atoms with E-state index in [4.69, 9.17) is 4.74 Å². The van der Waals surface area contributed by atoms with E-state index in [9.17, 15) is 23.6 Å². The van der Waals surface area contributed by atoms with Crippen molar-refractivity contribution in [1.29, 1.82) is 0 Å². The number of nitrogens with zero attached hydrogens (tertiary/aromatic N) is 1. The summed E-state index contributed by atoms with van der Waals surface area (Å²) in [6.45, 7) is 0.177. The fourth-order valence-corrected chi connectivity index (χ4v) is 3.34. The number of halogens is 1. The van der Waals surface area contributed by atoms with Crippen LogP contribution in [0.4, 0.5) is 4.39 Å². The Balaban J connectivity index is 1.38. The number of benzene rings is 3. The number of hydrogen-bond donors (Lipinski definition) is 0. The molecule has 0 atom stereocenters. The summed E-state index contributed by atoms with van der Waals surface area (Å²) in [5.74, 6) is -1.39. The second kappa shape index (κ2) is 8.93. The van der Waals surface area contributed by atoms with Gasteiger partial charge in [0.2, 0.25) is 11.8 Å². The molecule has 0 aromatic heterocycles. The highest BCUT2D eigenvalue weighted by Crippen LogP contribution is 2.19. The Hall–Kier alpha value is -4.13. The maximum Gasteiger partial charge on any atom is 0.343 e. The lowest BCUT2D eigenvalue weighted by molar-refractivity contribution is -0.139. The Morgan fingerprint density at radius 1 is 0.750 bits per heavy atom. The molecule has 0 unspecified atom stereocenters. The summed E-state index contributed by atoms with van der Waals surface area (Å²) < 4.78 is 18.4. The van der Waals surface area contributed by atoms with Crippen LogP contribution in [-0.4, -0.2) is 28.5 Å². The lowest BCUT2D eigenvalue weighted by atomic mass is 10.0. The van der Waals surface area contributed by atoms with Crippen molar-refractivity contribution in [2.75, 3.05) is 0 Å². The summed E-state index contributed by atoms with van der Waals surface area (Å²) in [6.07, 6.45) is 0.467. The Labute approximate surface area is 183 Å². The van der Waals surface area contributed by atoms with Gasteiger partial charge in [0.1, 0.15) is 11.6 Å². The summed E-state index contributed by atoms with van der Waals surface area (Å²) in [7, 11) is 0. The number of ether oxygens (including phenoxy) is 1. The highest BCUT2D eigenvalue weighted by atomic mass is 19.1. The molecule has 0 radical (unpaired) electrons. The molecule has 32 heavy (non-hydrogen) atoms. The van der Waals surface area contributed by atoms with E-state index in [1.807, 2.05) is 0 Å². The van der Waals surface area contributed by atoms with Crippen molar-refractivity contribution in [3.8, 4) is 5.75 Å². The zero-order valence-electron chi connectivity index (χ0n) is 16.9. The number of ketones is 1. The van der Waals surface area contributed by atoms with Crippen molar-refractivity contribution < 1.29 is 28.3 Å². The minimum atomic E-state index is -0.581. The topological polar surface area (TPSA) is 80.8 Å². The van der Waals surface area contributed by atoms with Gasteiger partial charge in [-0.2, -0.15) is 0 Å². The zero-order chi connectivity index (χ0) is 22.7. The molecule has 0 bridgehead atoms. The van der Waals surface area contributed by atoms with Crippen LogP contribution in [0.15, 0.2) is 72.8 Å². The van der Waals surface area contributed by atoms with Gasteiger partial charge in [-0.25, -0.2) is 9.18 Å². The van der Waals surface area contributed by atoms with Crippen molar-refractivity contribution in [3.63, 3.8) is 0 Å². The molecular weight excluding hydrogens is 413 g/mol. The largest absolute Gasteiger partial charge is 0.423 e. The third-order valence-corrected chi connectivity index (χ3v) is 5.12. The first-order valence-corrected chi connectivity index (χ1v) is 9.95. The highest BCUT2D eigenvalue weighted by Gasteiger charge is 2.28. The molecule has 1 aliphatic heterocycles. The maximum absolute atomic E-state index is 13.0. The molecule has 7 heteroatoms. The Morgan fingerprint density at radius 3 is 1.81 bits per heavy atom. The molecule has 0 aliphatic carbocycles. The minimum absolute atomic E-state index is 0.177. The maximum atomic E-state index is 13.0. The summed E-state index contributed by atoms with van der Waals surface area (Å²) in [5.41, 5.74) is 1.77. The van der Waals surface area contributed by atoms with Crippen LogP contribution < -0.4 is 4.74 Å². The van der Waals surface area contributed by atoms with E-state index in [-0.39, 0.29) is 42.7 Å². The lowest BCUT2D eigenvalue weighted by Gasteiger charge is -2.13. The molecule has 0 saturated carbocycles. The number of imide groups is 1. The molecule has 1 heterocycles. The van der Waals surface area contributed by atoms with E-state index in [1.165, 1.54) is 53.4 Å². The van der Waals surface area contributed by atoms with Crippen molar-refractivity contribution in [1.82, 2.24) is 4.90 Å². The Morgan fingerprint density at radius 2 is 1.25 bits per heavy atom. The Bertz CT molecular complexity index is 1170. The number of carbonyl (C=O) groups is 4. The second-order valence-electron chi connectivity index (χ2n) is 7.32. The third-order valence-electron chi connectivity index (χ3n) is 5.12. The van der Waals surface area contributed by atoms with Crippen LogP contribution in [0.1, 0.15) is 44.7 Å². The van der Waals surface area contributed by atoms with E-state index < -0.39 is 11.8 Å². The van der Waals surface area contributed by atoms with E-state index in [1.54, 1.807) is 24.3 Å². The normalized spacial score (nSPS) is 13.3. The first kappa shape index (κ1) is 21.1. The fourth-order valence-electron chi connectivity index (χ4n) is 3.34. The molecular formula is C25H18FNO5. The predicted molar refractivity (Wildman–Crippen MR) is 112 cm³/mol. The van der Waals surface area contributed by atoms with Crippen LogP contribution in [0.5, 0.6) is 5.75 Å². The number of carbonyl (C=O) groups excluding carboxylic acids is 4. The van der Waals surface area contributed by atoms with Crippen LogP contribution in [0, 0.1) is 5.82 Å². The van der Waals surface area contributed by atoms with Gasteiger partial charge < -0.3 is 4.74 Å². The van der Waals surface area contributed by atoms with Crippen LogP contribution in [0.2, 0.25) is 0 Å². The van der Waals surface area contributed by atoms with Crippen molar-refractivity contribution in [3.05, 3.63) is 101 Å².